The number of ketones is 1. The number of hydrogen-bond donors (Lipinski definition) is 0. The van der Waals surface area contributed by atoms with Gasteiger partial charge >= 0.3 is 5.97 Å². The lowest BCUT2D eigenvalue weighted by molar-refractivity contribution is -0.141. The fourth-order valence-corrected chi connectivity index (χ4v) is 2.20. The number of hydrogen-bond acceptors (Lipinski definition) is 4. The Hall–Kier alpha value is -2.17. The van der Waals surface area contributed by atoms with E-state index in [-0.39, 0.29) is 24.6 Å². The van der Waals surface area contributed by atoms with E-state index in [2.05, 4.69) is 9.84 Å². The fourth-order valence-electron chi connectivity index (χ4n) is 2.20. The Kier molecular flexibility index (Phi) is 4.50. The first-order chi connectivity index (χ1) is 9.61. The summed E-state index contributed by atoms with van der Waals surface area (Å²) >= 11 is 0. The molecule has 0 fully saturated rings. The molecule has 0 saturated carbocycles. The van der Waals surface area contributed by atoms with E-state index >= 15 is 0 Å². The molecule has 2 aromatic rings. The maximum Gasteiger partial charge on any atom is 0.305 e. The lowest BCUT2D eigenvalue weighted by Crippen LogP contribution is -2.06. The minimum absolute atomic E-state index is 0.0603. The van der Waals surface area contributed by atoms with Crippen LogP contribution in [0.3, 0.4) is 0 Å². The van der Waals surface area contributed by atoms with E-state index < -0.39 is 0 Å². The van der Waals surface area contributed by atoms with Gasteiger partial charge in [-0.2, -0.15) is 5.10 Å². The number of nitrogens with zero attached hydrogens (tertiary/aromatic N) is 2. The van der Waals surface area contributed by atoms with Crippen LogP contribution in [0.4, 0.5) is 0 Å². The Labute approximate surface area is 117 Å². The standard InChI is InChI=1S/C15H18N2O3/c1-17-14-6-4-3-5-12(14)13(16-17)9-7-11(18)8-10-15(19)20-2/h3-6H,7-10H2,1-2H3. The van der Waals surface area contributed by atoms with Crippen LogP contribution in [-0.4, -0.2) is 28.6 Å². The molecule has 1 heterocycles. The Morgan fingerprint density at radius 1 is 1.20 bits per heavy atom. The van der Waals surface area contributed by atoms with Gasteiger partial charge in [-0.3, -0.25) is 14.3 Å². The molecule has 5 heteroatoms. The highest BCUT2D eigenvalue weighted by molar-refractivity contribution is 5.85. The molecule has 1 aromatic heterocycles. The number of aromatic nitrogens is 2. The predicted octanol–water partition coefficient (Wildman–Crippen LogP) is 2.03. The third-order valence-corrected chi connectivity index (χ3v) is 3.31. The summed E-state index contributed by atoms with van der Waals surface area (Å²) in [6.07, 6.45) is 1.38. The van der Waals surface area contributed by atoms with E-state index in [4.69, 9.17) is 0 Å². The van der Waals surface area contributed by atoms with E-state index in [9.17, 15) is 9.59 Å². The summed E-state index contributed by atoms with van der Waals surface area (Å²) in [5.74, 6) is -0.285. The minimum atomic E-state index is -0.346. The highest BCUT2D eigenvalue weighted by atomic mass is 16.5. The number of methoxy groups -OCH3 is 1. The van der Waals surface area contributed by atoms with Crippen LogP contribution in [0.5, 0.6) is 0 Å². The van der Waals surface area contributed by atoms with Crippen molar-refractivity contribution in [1.29, 1.82) is 0 Å². The van der Waals surface area contributed by atoms with Gasteiger partial charge in [0, 0.05) is 25.3 Å². The number of esters is 1. The molecule has 0 aliphatic rings. The van der Waals surface area contributed by atoms with Crippen LogP contribution in [0.2, 0.25) is 0 Å². The number of ether oxygens (including phenoxy) is 1. The number of fused-ring (bicyclic) bond motifs is 1. The minimum Gasteiger partial charge on any atom is -0.469 e. The van der Waals surface area contributed by atoms with Crippen molar-refractivity contribution in [2.24, 2.45) is 7.05 Å². The van der Waals surface area contributed by atoms with Crippen molar-refractivity contribution >= 4 is 22.7 Å². The number of carbonyl (C=O) groups excluding carboxylic acids is 2. The van der Waals surface area contributed by atoms with E-state index in [1.807, 2.05) is 36.0 Å². The molecular weight excluding hydrogens is 256 g/mol. The first kappa shape index (κ1) is 14.2. The summed E-state index contributed by atoms with van der Waals surface area (Å²) in [5, 5.41) is 5.53. The molecule has 0 unspecified atom stereocenters. The second-order valence-corrected chi connectivity index (χ2v) is 4.70. The van der Waals surface area contributed by atoms with Gasteiger partial charge in [-0.15, -0.1) is 0 Å². The van der Waals surface area contributed by atoms with Gasteiger partial charge in [0.05, 0.1) is 24.7 Å². The highest BCUT2D eigenvalue weighted by Gasteiger charge is 2.11. The van der Waals surface area contributed by atoms with Crippen LogP contribution < -0.4 is 0 Å². The molecule has 20 heavy (non-hydrogen) atoms. The molecule has 0 aliphatic heterocycles. The molecule has 0 bridgehead atoms. The van der Waals surface area contributed by atoms with Gasteiger partial charge in [-0.05, 0) is 12.5 Å². The second-order valence-electron chi connectivity index (χ2n) is 4.70. The summed E-state index contributed by atoms with van der Waals surface area (Å²) < 4.78 is 6.34. The molecule has 0 amide bonds. The molecule has 0 radical (unpaired) electrons. The number of aryl methyl sites for hydroxylation is 2. The number of carbonyl (C=O) groups is 2. The summed E-state index contributed by atoms with van der Waals surface area (Å²) in [6.45, 7) is 0. The van der Waals surface area contributed by atoms with Crippen molar-refractivity contribution < 1.29 is 14.3 Å². The normalized spacial score (nSPS) is 10.7. The van der Waals surface area contributed by atoms with Crippen LogP contribution in [0.25, 0.3) is 10.9 Å². The van der Waals surface area contributed by atoms with E-state index in [0.717, 1.165) is 16.6 Å². The van der Waals surface area contributed by atoms with E-state index in [1.165, 1.54) is 7.11 Å². The topological polar surface area (TPSA) is 61.2 Å². The zero-order chi connectivity index (χ0) is 14.5. The zero-order valence-corrected chi connectivity index (χ0v) is 11.8. The molecule has 0 saturated heterocycles. The van der Waals surface area contributed by atoms with Crippen molar-refractivity contribution in [2.75, 3.05) is 7.11 Å². The van der Waals surface area contributed by atoms with Gasteiger partial charge < -0.3 is 4.74 Å². The van der Waals surface area contributed by atoms with Crippen LogP contribution in [0.15, 0.2) is 24.3 Å². The lowest BCUT2D eigenvalue weighted by Gasteiger charge is -1.99. The summed E-state index contributed by atoms with van der Waals surface area (Å²) in [6, 6.07) is 7.95. The van der Waals surface area contributed by atoms with Crippen molar-refractivity contribution in [3.63, 3.8) is 0 Å². The average Bonchev–Trinajstić information content (AvgIpc) is 2.79. The first-order valence-corrected chi connectivity index (χ1v) is 6.61. The Balaban J connectivity index is 1.96. The van der Waals surface area contributed by atoms with Crippen molar-refractivity contribution in [2.45, 2.75) is 25.7 Å². The Morgan fingerprint density at radius 2 is 1.95 bits per heavy atom. The quantitative estimate of drug-likeness (QED) is 0.756. The van der Waals surface area contributed by atoms with Gasteiger partial charge in [0.1, 0.15) is 5.78 Å². The van der Waals surface area contributed by atoms with Gasteiger partial charge in [-0.25, -0.2) is 0 Å². The third kappa shape index (κ3) is 3.23. The predicted molar refractivity (Wildman–Crippen MR) is 75.3 cm³/mol. The average molecular weight is 274 g/mol. The molecule has 106 valence electrons. The van der Waals surface area contributed by atoms with Crippen molar-refractivity contribution in [3.05, 3.63) is 30.0 Å². The van der Waals surface area contributed by atoms with E-state index in [0.29, 0.717) is 12.8 Å². The van der Waals surface area contributed by atoms with Crippen molar-refractivity contribution in [3.8, 4) is 0 Å². The smallest absolute Gasteiger partial charge is 0.305 e. The van der Waals surface area contributed by atoms with Crippen LogP contribution >= 0.6 is 0 Å². The number of para-hydroxylation sites is 1. The molecule has 0 spiro atoms. The monoisotopic (exact) mass is 274 g/mol. The Bertz CT molecular complexity index is 631. The summed E-state index contributed by atoms with van der Waals surface area (Å²) in [5.41, 5.74) is 1.99. The molecule has 2 rings (SSSR count). The molecule has 5 nitrogen and oxygen atoms in total. The van der Waals surface area contributed by atoms with Crippen LogP contribution in [0, 0.1) is 0 Å². The van der Waals surface area contributed by atoms with E-state index in [1.54, 1.807) is 0 Å². The largest absolute Gasteiger partial charge is 0.469 e. The molecule has 1 aromatic carbocycles. The SMILES string of the molecule is COC(=O)CCC(=O)CCc1nn(C)c2ccccc12. The fraction of sp³-hybridized carbons (Fsp3) is 0.400. The van der Waals surface area contributed by atoms with Gasteiger partial charge in [0.2, 0.25) is 0 Å². The summed E-state index contributed by atoms with van der Waals surface area (Å²) in [4.78, 5) is 22.7. The number of rotatable bonds is 6. The second kappa shape index (κ2) is 6.32. The number of benzene rings is 1. The van der Waals surface area contributed by atoms with Crippen LogP contribution in [0.1, 0.15) is 25.0 Å². The summed E-state index contributed by atoms with van der Waals surface area (Å²) in [7, 11) is 3.22. The van der Waals surface area contributed by atoms with Crippen molar-refractivity contribution in [1.82, 2.24) is 9.78 Å². The third-order valence-electron chi connectivity index (χ3n) is 3.31. The Morgan fingerprint density at radius 3 is 2.70 bits per heavy atom. The first-order valence-electron chi connectivity index (χ1n) is 6.61. The molecular formula is C15H18N2O3. The van der Waals surface area contributed by atoms with Crippen LogP contribution in [-0.2, 0) is 27.8 Å². The zero-order valence-electron chi connectivity index (χ0n) is 11.8. The molecule has 0 aliphatic carbocycles. The highest BCUT2D eigenvalue weighted by Crippen LogP contribution is 2.18. The maximum atomic E-state index is 11.7. The van der Waals surface area contributed by atoms with Gasteiger partial charge in [-0.1, -0.05) is 18.2 Å². The maximum absolute atomic E-state index is 11.7. The molecule has 0 N–H and O–H groups in total. The van der Waals surface area contributed by atoms with Gasteiger partial charge in [0.15, 0.2) is 0 Å². The van der Waals surface area contributed by atoms with Gasteiger partial charge in [0.25, 0.3) is 0 Å². The lowest BCUT2D eigenvalue weighted by atomic mass is 10.1. The number of Topliss-reactive ketones (excluding diaryl/α,β-unsaturated/α-hetero) is 1. The molecule has 0 atom stereocenters.